The quantitative estimate of drug-likeness (QED) is 0.496. The highest BCUT2D eigenvalue weighted by Gasteiger charge is 2.57. The van der Waals surface area contributed by atoms with Crippen LogP contribution in [0.4, 0.5) is 23.2 Å². The summed E-state index contributed by atoms with van der Waals surface area (Å²) in [5.41, 5.74) is -0.940. The van der Waals surface area contributed by atoms with Gasteiger partial charge in [0.2, 0.25) is 0 Å². The van der Waals surface area contributed by atoms with Crippen molar-refractivity contribution in [3.63, 3.8) is 0 Å². The maximum atomic E-state index is 13.7. The molecule has 0 spiro atoms. The first kappa shape index (κ1) is 20.8. The lowest BCUT2D eigenvalue weighted by Crippen LogP contribution is -2.55. The Hall–Kier alpha value is -1.54. The van der Waals surface area contributed by atoms with Crippen molar-refractivity contribution in [1.82, 2.24) is 4.90 Å². The van der Waals surface area contributed by atoms with Gasteiger partial charge in [0, 0.05) is 11.1 Å². The Labute approximate surface area is 157 Å². The van der Waals surface area contributed by atoms with Gasteiger partial charge in [-0.3, -0.25) is 14.5 Å². The van der Waals surface area contributed by atoms with Crippen LogP contribution in [0, 0.1) is 11.2 Å². The topological polar surface area (TPSA) is 40.6 Å². The fourth-order valence-corrected chi connectivity index (χ4v) is 3.44. The third-order valence-corrected chi connectivity index (χ3v) is 4.57. The number of halogens is 6. The molecule has 1 aromatic carbocycles. The minimum absolute atomic E-state index is 0.00986. The number of benzene rings is 1. The predicted octanol–water partition coefficient (Wildman–Crippen LogP) is 4.63. The molecular weight excluding hydrogens is 399 g/mol. The van der Waals surface area contributed by atoms with Gasteiger partial charge in [0.15, 0.2) is 5.82 Å². The first-order valence-electron chi connectivity index (χ1n) is 7.55. The maximum Gasteiger partial charge on any atom is 0.471 e. The molecule has 1 aliphatic heterocycles. The summed E-state index contributed by atoms with van der Waals surface area (Å²) in [7, 11) is 0. The molecule has 2 atom stereocenters. The molecule has 0 aliphatic carbocycles. The number of hydrogen-bond donors (Lipinski definition) is 0. The van der Waals surface area contributed by atoms with E-state index >= 15 is 0 Å². The number of nitrogens with zero attached hydrogens (tertiary/aromatic N) is 2. The Bertz CT molecular complexity index is 739. The first-order chi connectivity index (χ1) is 11.7. The maximum absolute atomic E-state index is 13.7. The van der Waals surface area contributed by atoms with Gasteiger partial charge < -0.3 is 4.90 Å². The van der Waals surface area contributed by atoms with E-state index in [1.807, 2.05) is 0 Å². The normalized spacial score (nSPS) is 21.5. The van der Waals surface area contributed by atoms with Crippen molar-refractivity contribution in [2.45, 2.75) is 46.1 Å². The summed E-state index contributed by atoms with van der Waals surface area (Å²) in [6.45, 7) is 5.95. The molecule has 2 amide bonds. The second-order valence-electron chi connectivity index (χ2n) is 7.06. The van der Waals surface area contributed by atoms with E-state index in [9.17, 15) is 27.2 Å². The van der Waals surface area contributed by atoms with Gasteiger partial charge in [-0.2, -0.15) is 13.2 Å². The minimum Gasteiger partial charge on any atom is -0.302 e. The van der Waals surface area contributed by atoms with Gasteiger partial charge in [-0.15, -0.1) is 0 Å². The Kier molecular flexibility index (Phi) is 5.24. The van der Waals surface area contributed by atoms with Crippen LogP contribution in [-0.2, 0) is 9.59 Å². The van der Waals surface area contributed by atoms with Crippen molar-refractivity contribution < 1.29 is 27.2 Å². The second kappa shape index (κ2) is 6.56. The lowest BCUT2D eigenvalue weighted by molar-refractivity contribution is -0.190. The van der Waals surface area contributed by atoms with Crippen molar-refractivity contribution in [3.8, 4) is 0 Å². The average molecular weight is 415 g/mol. The smallest absolute Gasteiger partial charge is 0.302 e. The molecule has 0 radical (unpaired) electrons. The zero-order valence-electron chi connectivity index (χ0n) is 14.3. The zero-order valence-corrected chi connectivity index (χ0v) is 15.8. The molecule has 1 fully saturated rings. The molecule has 1 unspecified atom stereocenters. The van der Waals surface area contributed by atoms with Crippen LogP contribution < -0.4 is 4.90 Å². The molecule has 144 valence electrons. The van der Waals surface area contributed by atoms with Crippen molar-refractivity contribution in [1.29, 1.82) is 0 Å². The summed E-state index contributed by atoms with van der Waals surface area (Å²) in [4.78, 5) is 26.2. The summed E-state index contributed by atoms with van der Waals surface area (Å²) < 4.78 is 52.9. The number of carbonyl (C=O) groups is 2. The minimum atomic E-state index is -5.15. The number of anilines is 1. The van der Waals surface area contributed by atoms with Crippen LogP contribution in [0.15, 0.2) is 12.1 Å². The molecule has 1 aromatic rings. The fourth-order valence-electron chi connectivity index (χ4n) is 2.96. The van der Waals surface area contributed by atoms with Crippen LogP contribution >= 0.6 is 23.2 Å². The van der Waals surface area contributed by atoms with Crippen LogP contribution in [0.2, 0.25) is 10.0 Å². The highest BCUT2D eigenvalue weighted by Crippen LogP contribution is 2.41. The predicted molar refractivity (Wildman–Crippen MR) is 89.5 cm³/mol. The zero-order chi connectivity index (χ0) is 20.2. The molecule has 1 heterocycles. The lowest BCUT2D eigenvalue weighted by atomic mass is 9.90. The van der Waals surface area contributed by atoms with Gasteiger partial charge in [0.05, 0.1) is 10.0 Å². The van der Waals surface area contributed by atoms with Crippen molar-refractivity contribution in [2.75, 3.05) is 4.90 Å². The van der Waals surface area contributed by atoms with E-state index in [-0.39, 0.29) is 15.7 Å². The number of hydrogen-bond acceptors (Lipinski definition) is 2. The molecule has 4 nitrogen and oxygen atoms in total. The van der Waals surface area contributed by atoms with Crippen LogP contribution in [0.1, 0.15) is 27.7 Å². The molecule has 1 aliphatic rings. The molecule has 2 rings (SSSR count). The monoisotopic (exact) mass is 414 g/mol. The van der Waals surface area contributed by atoms with E-state index in [1.54, 1.807) is 20.8 Å². The standard InChI is InChI=1S/C16H16Cl2F4N2O2/c1-7-12(25)24(8-5-9(17)11(19)10(18)6-8)13(15(2,3)4)23(7)14(26)16(20,21)22/h5-7,13H,1-4H3/t7-,13?/m1/s1. The summed E-state index contributed by atoms with van der Waals surface area (Å²) in [5.74, 6) is -3.78. The molecule has 10 heteroatoms. The van der Waals surface area contributed by atoms with E-state index in [1.165, 1.54) is 6.92 Å². The summed E-state index contributed by atoms with van der Waals surface area (Å²) in [6, 6.07) is 0.817. The third-order valence-electron chi connectivity index (χ3n) is 4.02. The molecule has 1 saturated heterocycles. The van der Waals surface area contributed by atoms with Crippen molar-refractivity contribution >= 4 is 40.7 Å². The van der Waals surface area contributed by atoms with Crippen LogP contribution in [0.3, 0.4) is 0 Å². The molecule has 26 heavy (non-hydrogen) atoms. The number of carbonyl (C=O) groups excluding carboxylic acids is 2. The summed E-state index contributed by atoms with van der Waals surface area (Å²) >= 11 is 11.5. The second-order valence-corrected chi connectivity index (χ2v) is 7.87. The molecule has 0 aromatic heterocycles. The van der Waals surface area contributed by atoms with E-state index in [2.05, 4.69) is 0 Å². The van der Waals surface area contributed by atoms with Gasteiger partial charge in [0.1, 0.15) is 12.2 Å². The molecule has 0 N–H and O–H groups in total. The number of amides is 2. The van der Waals surface area contributed by atoms with Gasteiger partial charge in [0.25, 0.3) is 5.91 Å². The van der Waals surface area contributed by atoms with Crippen molar-refractivity contribution in [3.05, 3.63) is 28.0 Å². The Balaban J connectivity index is 2.65. The average Bonchev–Trinajstić information content (AvgIpc) is 2.75. The third kappa shape index (κ3) is 3.49. The fraction of sp³-hybridized carbons (Fsp3) is 0.500. The van der Waals surface area contributed by atoms with Gasteiger partial charge in [-0.05, 0) is 19.1 Å². The SMILES string of the molecule is C[C@@H]1C(=O)N(c2cc(Cl)c(F)c(Cl)c2)C(C(C)(C)C)N1C(=O)C(F)(F)F. The van der Waals surface area contributed by atoms with Gasteiger partial charge in [-0.25, -0.2) is 4.39 Å². The Morgan fingerprint density at radius 1 is 1.12 bits per heavy atom. The van der Waals surface area contributed by atoms with Crippen molar-refractivity contribution in [2.24, 2.45) is 5.41 Å². The largest absolute Gasteiger partial charge is 0.471 e. The van der Waals surface area contributed by atoms with E-state index in [0.29, 0.717) is 4.90 Å². The molecular formula is C16H16Cl2F4N2O2. The highest BCUT2D eigenvalue weighted by atomic mass is 35.5. The van der Waals surface area contributed by atoms with E-state index in [0.717, 1.165) is 17.0 Å². The molecule has 0 saturated carbocycles. The van der Waals surface area contributed by atoms with E-state index in [4.69, 9.17) is 23.2 Å². The van der Waals surface area contributed by atoms with Gasteiger partial charge in [-0.1, -0.05) is 44.0 Å². The lowest BCUT2D eigenvalue weighted by Gasteiger charge is -2.40. The Morgan fingerprint density at radius 2 is 1.58 bits per heavy atom. The Morgan fingerprint density at radius 3 is 1.96 bits per heavy atom. The van der Waals surface area contributed by atoms with Crippen LogP contribution in [-0.4, -0.2) is 35.1 Å². The summed E-state index contributed by atoms with van der Waals surface area (Å²) in [5, 5.41) is -0.776. The number of alkyl halides is 3. The van der Waals surface area contributed by atoms with Crippen LogP contribution in [0.5, 0.6) is 0 Å². The molecule has 0 bridgehead atoms. The highest BCUT2D eigenvalue weighted by molar-refractivity contribution is 6.35. The first-order valence-corrected chi connectivity index (χ1v) is 8.30. The summed E-state index contributed by atoms with van der Waals surface area (Å²) in [6.07, 6.45) is -6.41. The van der Waals surface area contributed by atoms with Gasteiger partial charge >= 0.3 is 12.1 Å². The number of rotatable bonds is 1. The van der Waals surface area contributed by atoms with E-state index < -0.39 is 41.4 Å². The van der Waals surface area contributed by atoms with Crippen LogP contribution in [0.25, 0.3) is 0 Å².